The maximum atomic E-state index is 13.0. The highest BCUT2D eigenvalue weighted by molar-refractivity contribution is 5.85. The molecule has 2 aromatic rings. The van der Waals surface area contributed by atoms with Crippen molar-refractivity contribution in [2.75, 3.05) is 7.05 Å². The third-order valence-corrected chi connectivity index (χ3v) is 4.33. The SMILES string of the molecule is CNC(=O)[C@H](Cc1ccc([N+](=O)[O-])cc1)N(Cc1ccccc1)C(=O)OC(C)(C)C. The van der Waals surface area contributed by atoms with E-state index in [-0.39, 0.29) is 24.6 Å². The van der Waals surface area contributed by atoms with E-state index in [4.69, 9.17) is 4.74 Å². The molecule has 0 fully saturated rings. The molecule has 0 saturated heterocycles. The normalized spacial score (nSPS) is 12.0. The summed E-state index contributed by atoms with van der Waals surface area (Å²) in [4.78, 5) is 37.5. The zero-order chi connectivity index (χ0) is 22.3. The molecule has 0 aliphatic heterocycles. The molecular weight excluding hydrogens is 386 g/mol. The van der Waals surface area contributed by atoms with Crippen LogP contribution in [0, 0.1) is 10.1 Å². The van der Waals surface area contributed by atoms with Gasteiger partial charge in [0.25, 0.3) is 5.69 Å². The fourth-order valence-electron chi connectivity index (χ4n) is 2.89. The van der Waals surface area contributed by atoms with Crippen molar-refractivity contribution in [2.45, 2.75) is 45.4 Å². The highest BCUT2D eigenvalue weighted by Crippen LogP contribution is 2.20. The van der Waals surface area contributed by atoms with Gasteiger partial charge in [-0.25, -0.2) is 4.79 Å². The summed E-state index contributed by atoms with van der Waals surface area (Å²) in [5.41, 5.74) is 0.771. The Balaban J connectivity index is 2.37. The number of carbonyl (C=O) groups is 2. The molecule has 0 unspecified atom stereocenters. The van der Waals surface area contributed by atoms with E-state index in [1.807, 2.05) is 30.3 Å². The highest BCUT2D eigenvalue weighted by atomic mass is 16.6. The molecule has 0 heterocycles. The van der Waals surface area contributed by atoms with Crippen LogP contribution < -0.4 is 5.32 Å². The van der Waals surface area contributed by atoms with Crippen LogP contribution in [0.2, 0.25) is 0 Å². The topological polar surface area (TPSA) is 102 Å². The number of benzene rings is 2. The van der Waals surface area contributed by atoms with Crippen molar-refractivity contribution in [2.24, 2.45) is 0 Å². The van der Waals surface area contributed by atoms with Crippen LogP contribution in [0.15, 0.2) is 54.6 Å². The number of carbonyl (C=O) groups excluding carboxylic acids is 2. The number of non-ortho nitro benzene ring substituents is 1. The standard InChI is InChI=1S/C22H27N3O5/c1-22(2,3)30-21(27)24(15-17-8-6-5-7-9-17)19(20(26)23-4)14-16-10-12-18(13-11-16)25(28)29/h5-13,19H,14-15H2,1-4H3,(H,23,26)/t19-/m0/s1. The predicted octanol–water partition coefficient (Wildman–Crippen LogP) is 3.69. The third kappa shape index (κ3) is 6.58. The van der Waals surface area contributed by atoms with Crippen LogP contribution >= 0.6 is 0 Å². The predicted molar refractivity (Wildman–Crippen MR) is 113 cm³/mol. The summed E-state index contributed by atoms with van der Waals surface area (Å²) in [6.45, 7) is 5.46. The molecule has 0 spiro atoms. The highest BCUT2D eigenvalue weighted by Gasteiger charge is 2.33. The molecule has 0 aliphatic rings. The minimum atomic E-state index is -0.855. The van der Waals surface area contributed by atoms with Crippen LogP contribution in [0.25, 0.3) is 0 Å². The van der Waals surface area contributed by atoms with Gasteiger partial charge in [-0.05, 0) is 31.9 Å². The van der Waals surface area contributed by atoms with Crippen LogP contribution in [0.5, 0.6) is 0 Å². The van der Waals surface area contributed by atoms with E-state index in [1.165, 1.54) is 24.1 Å². The number of ether oxygens (including phenoxy) is 1. The Morgan fingerprint density at radius 3 is 2.17 bits per heavy atom. The molecule has 2 amide bonds. The zero-order valence-electron chi connectivity index (χ0n) is 17.6. The number of rotatable bonds is 7. The first-order valence-corrected chi connectivity index (χ1v) is 9.59. The average molecular weight is 413 g/mol. The van der Waals surface area contributed by atoms with Crippen molar-refractivity contribution in [3.05, 3.63) is 75.8 Å². The van der Waals surface area contributed by atoms with Crippen LogP contribution in [-0.4, -0.2) is 40.5 Å². The molecule has 30 heavy (non-hydrogen) atoms. The number of nitro groups is 1. The number of likely N-dealkylation sites (N-methyl/N-ethyl adjacent to an activating group) is 1. The second-order valence-electron chi connectivity index (χ2n) is 7.85. The maximum Gasteiger partial charge on any atom is 0.411 e. The molecule has 8 heteroatoms. The molecule has 0 aromatic heterocycles. The molecule has 2 rings (SSSR count). The lowest BCUT2D eigenvalue weighted by Gasteiger charge is -2.33. The van der Waals surface area contributed by atoms with Gasteiger partial charge in [0.1, 0.15) is 11.6 Å². The molecule has 160 valence electrons. The molecule has 0 radical (unpaired) electrons. The van der Waals surface area contributed by atoms with Gasteiger partial charge in [-0.1, -0.05) is 42.5 Å². The summed E-state index contributed by atoms with van der Waals surface area (Å²) < 4.78 is 5.55. The maximum absolute atomic E-state index is 13.0. The van der Waals surface area contributed by atoms with Crippen LogP contribution in [0.4, 0.5) is 10.5 Å². The molecule has 1 N–H and O–H groups in total. The Kier molecular flexibility index (Phi) is 7.52. The summed E-state index contributed by atoms with van der Waals surface area (Å²) >= 11 is 0. The first-order valence-electron chi connectivity index (χ1n) is 9.59. The lowest BCUT2D eigenvalue weighted by atomic mass is 10.0. The first-order chi connectivity index (χ1) is 14.1. The molecule has 1 atom stereocenters. The first kappa shape index (κ1) is 22.9. The minimum Gasteiger partial charge on any atom is -0.444 e. The van der Waals surface area contributed by atoms with Gasteiger partial charge < -0.3 is 10.1 Å². The van der Waals surface area contributed by atoms with Gasteiger partial charge in [-0.3, -0.25) is 19.8 Å². The van der Waals surface area contributed by atoms with E-state index in [2.05, 4.69) is 5.32 Å². The largest absolute Gasteiger partial charge is 0.444 e. The summed E-state index contributed by atoms with van der Waals surface area (Å²) in [7, 11) is 1.50. The van der Waals surface area contributed by atoms with Gasteiger partial charge in [-0.15, -0.1) is 0 Å². The number of nitro benzene ring substituents is 1. The van der Waals surface area contributed by atoms with Gasteiger partial charge in [0.05, 0.1) is 4.92 Å². The molecular formula is C22H27N3O5. The number of nitrogens with one attached hydrogen (secondary N) is 1. The molecule has 0 aliphatic carbocycles. The van der Waals surface area contributed by atoms with E-state index < -0.39 is 22.7 Å². The minimum absolute atomic E-state index is 0.0384. The Labute approximate surface area is 176 Å². The fraction of sp³-hybridized carbons (Fsp3) is 0.364. The lowest BCUT2D eigenvalue weighted by Crippen LogP contribution is -2.51. The average Bonchev–Trinajstić information content (AvgIpc) is 2.69. The zero-order valence-corrected chi connectivity index (χ0v) is 17.6. The molecule has 0 saturated carbocycles. The fourth-order valence-corrected chi connectivity index (χ4v) is 2.89. The summed E-state index contributed by atoms with van der Waals surface area (Å²) in [5.74, 6) is -0.352. The van der Waals surface area contributed by atoms with Crippen molar-refractivity contribution in [3.8, 4) is 0 Å². The van der Waals surface area contributed by atoms with Crippen LogP contribution in [-0.2, 0) is 22.5 Å². The number of hydrogen-bond acceptors (Lipinski definition) is 5. The van der Waals surface area contributed by atoms with Crippen molar-refractivity contribution in [1.82, 2.24) is 10.2 Å². The second kappa shape index (κ2) is 9.87. The van der Waals surface area contributed by atoms with Gasteiger partial charge in [0.2, 0.25) is 5.91 Å². The summed E-state index contributed by atoms with van der Waals surface area (Å²) in [5, 5.41) is 13.5. The van der Waals surface area contributed by atoms with Gasteiger partial charge in [0.15, 0.2) is 0 Å². The van der Waals surface area contributed by atoms with Crippen molar-refractivity contribution < 1.29 is 19.2 Å². The van der Waals surface area contributed by atoms with E-state index in [1.54, 1.807) is 32.9 Å². The van der Waals surface area contributed by atoms with Crippen molar-refractivity contribution in [3.63, 3.8) is 0 Å². The quantitative estimate of drug-likeness (QED) is 0.551. The van der Waals surface area contributed by atoms with Crippen molar-refractivity contribution in [1.29, 1.82) is 0 Å². The Bertz CT molecular complexity index is 876. The number of nitrogens with zero attached hydrogens (tertiary/aromatic N) is 2. The third-order valence-electron chi connectivity index (χ3n) is 4.33. The Morgan fingerprint density at radius 1 is 1.07 bits per heavy atom. The Hall–Kier alpha value is -3.42. The summed E-state index contributed by atoms with van der Waals surface area (Å²) in [6, 6.07) is 14.4. The van der Waals surface area contributed by atoms with E-state index in [0.29, 0.717) is 5.56 Å². The molecule has 0 bridgehead atoms. The van der Waals surface area contributed by atoms with Crippen LogP contribution in [0.3, 0.4) is 0 Å². The number of hydrogen-bond donors (Lipinski definition) is 1. The second-order valence-corrected chi connectivity index (χ2v) is 7.85. The monoisotopic (exact) mass is 413 g/mol. The smallest absolute Gasteiger partial charge is 0.411 e. The van der Waals surface area contributed by atoms with E-state index >= 15 is 0 Å². The lowest BCUT2D eigenvalue weighted by molar-refractivity contribution is -0.384. The van der Waals surface area contributed by atoms with Gasteiger partial charge in [-0.2, -0.15) is 0 Å². The molecule has 2 aromatic carbocycles. The van der Waals surface area contributed by atoms with Crippen LogP contribution in [0.1, 0.15) is 31.9 Å². The summed E-state index contributed by atoms with van der Waals surface area (Å²) in [6.07, 6.45) is -0.425. The van der Waals surface area contributed by atoms with Gasteiger partial charge >= 0.3 is 6.09 Å². The van der Waals surface area contributed by atoms with Gasteiger partial charge in [0, 0.05) is 32.1 Å². The van der Waals surface area contributed by atoms with E-state index in [9.17, 15) is 19.7 Å². The van der Waals surface area contributed by atoms with Crippen molar-refractivity contribution >= 4 is 17.7 Å². The Morgan fingerprint density at radius 2 is 1.67 bits per heavy atom. The number of amides is 2. The van der Waals surface area contributed by atoms with E-state index in [0.717, 1.165) is 5.56 Å². The molecule has 8 nitrogen and oxygen atoms in total.